The number of methoxy groups -OCH3 is 1. The fourth-order valence-electron chi connectivity index (χ4n) is 2.02. The molecule has 0 atom stereocenters. The quantitative estimate of drug-likeness (QED) is 0.789. The summed E-state index contributed by atoms with van der Waals surface area (Å²) in [7, 11) is 5.45. The van der Waals surface area contributed by atoms with Gasteiger partial charge in [0.2, 0.25) is 0 Å². The van der Waals surface area contributed by atoms with E-state index in [0.717, 1.165) is 12.2 Å². The number of ether oxygens (including phenoxy) is 1. The third kappa shape index (κ3) is 3.03. The number of hydrogen-bond donors (Lipinski definition) is 0. The molecule has 2 rings (SSSR count). The van der Waals surface area contributed by atoms with Crippen molar-refractivity contribution in [1.82, 2.24) is 9.47 Å². The van der Waals surface area contributed by atoms with Gasteiger partial charge in [0.05, 0.1) is 12.7 Å². The van der Waals surface area contributed by atoms with Gasteiger partial charge in [0.15, 0.2) is 0 Å². The van der Waals surface area contributed by atoms with E-state index in [1.54, 1.807) is 6.07 Å². The molecule has 0 saturated carbocycles. The van der Waals surface area contributed by atoms with E-state index in [1.807, 2.05) is 44.6 Å². The Hall–Kier alpha value is -2.07. The molecule has 0 spiro atoms. The molecule has 100 valence electrons. The van der Waals surface area contributed by atoms with Crippen molar-refractivity contribution < 1.29 is 9.53 Å². The van der Waals surface area contributed by atoms with E-state index in [1.165, 1.54) is 12.8 Å². The molecule has 0 aliphatic heterocycles. The average molecular weight is 258 g/mol. The van der Waals surface area contributed by atoms with Crippen molar-refractivity contribution in [2.75, 3.05) is 21.2 Å². The normalized spacial score (nSPS) is 10.7. The molecule has 0 bridgehead atoms. The van der Waals surface area contributed by atoms with E-state index in [9.17, 15) is 4.79 Å². The smallest absolute Gasteiger partial charge is 0.337 e. The highest BCUT2D eigenvalue weighted by molar-refractivity contribution is 5.89. The predicted octanol–water partition coefficient (Wildman–Crippen LogP) is 2.33. The standard InChI is InChI=1S/C15H18N2O2/c1-16(2)11-14-8-5-9-17(14)13-7-4-6-12(10-13)15(18)19-3/h4-10H,11H2,1-3H3. The molecule has 0 fully saturated rings. The van der Waals surface area contributed by atoms with Crippen LogP contribution in [0.15, 0.2) is 42.6 Å². The zero-order chi connectivity index (χ0) is 13.8. The van der Waals surface area contributed by atoms with Gasteiger partial charge >= 0.3 is 5.97 Å². The number of benzene rings is 1. The van der Waals surface area contributed by atoms with E-state index in [0.29, 0.717) is 5.56 Å². The largest absolute Gasteiger partial charge is 0.465 e. The van der Waals surface area contributed by atoms with Crippen molar-refractivity contribution in [2.45, 2.75) is 6.54 Å². The second-order valence-electron chi connectivity index (χ2n) is 4.65. The zero-order valence-corrected chi connectivity index (χ0v) is 11.5. The summed E-state index contributed by atoms with van der Waals surface area (Å²) in [6.45, 7) is 0.843. The third-order valence-corrected chi connectivity index (χ3v) is 2.86. The highest BCUT2D eigenvalue weighted by atomic mass is 16.5. The van der Waals surface area contributed by atoms with Crippen LogP contribution in [0, 0.1) is 0 Å². The molecule has 2 aromatic rings. The number of carbonyl (C=O) groups is 1. The van der Waals surface area contributed by atoms with Gasteiger partial charge in [-0.15, -0.1) is 0 Å². The van der Waals surface area contributed by atoms with Crippen LogP contribution in [0.25, 0.3) is 5.69 Å². The minimum atomic E-state index is -0.317. The monoisotopic (exact) mass is 258 g/mol. The van der Waals surface area contributed by atoms with Gasteiger partial charge in [-0.3, -0.25) is 0 Å². The summed E-state index contributed by atoms with van der Waals surface area (Å²) in [5, 5.41) is 0. The molecule has 19 heavy (non-hydrogen) atoms. The minimum Gasteiger partial charge on any atom is -0.465 e. The van der Waals surface area contributed by atoms with E-state index in [-0.39, 0.29) is 5.97 Å². The van der Waals surface area contributed by atoms with E-state index in [4.69, 9.17) is 4.74 Å². The van der Waals surface area contributed by atoms with Crippen LogP contribution in [-0.2, 0) is 11.3 Å². The second kappa shape index (κ2) is 5.71. The maximum Gasteiger partial charge on any atom is 0.337 e. The number of aromatic nitrogens is 1. The lowest BCUT2D eigenvalue weighted by Gasteiger charge is -2.14. The number of hydrogen-bond acceptors (Lipinski definition) is 3. The first-order valence-corrected chi connectivity index (χ1v) is 6.11. The van der Waals surface area contributed by atoms with Gasteiger partial charge in [-0.05, 0) is 44.4 Å². The summed E-state index contributed by atoms with van der Waals surface area (Å²) >= 11 is 0. The summed E-state index contributed by atoms with van der Waals surface area (Å²) in [5.74, 6) is -0.317. The Morgan fingerprint density at radius 2 is 2.05 bits per heavy atom. The number of esters is 1. The van der Waals surface area contributed by atoms with Gasteiger partial charge in [0.1, 0.15) is 0 Å². The van der Waals surface area contributed by atoms with Gasteiger partial charge in [-0.2, -0.15) is 0 Å². The summed E-state index contributed by atoms with van der Waals surface area (Å²) in [6.07, 6.45) is 2.00. The van der Waals surface area contributed by atoms with Crippen LogP contribution in [0.3, 0.4) is 0 Å². The lowest BCUT2D eigenvalue weighted by molar-refractivity contribution is 0.0600. The lowest BCUT2D eigenvalue weighted by Crippen LogP contribution is -2.14. The second-order valence-corrected chi connectivity index (χ2v) is 4.65. The number of rotatable bonds is 4. The number of nitrogens with zero attached hydrogens (tertiary/aromatic N) is 2. The zero-order valence-electron chi connectivity index (χ0n) is 11.5. The van der Waals surface area contributed by atoms with Crippen LogP contribution < -0.4 is 0 Å². The van der Waals surface area contributed by atoms with Crippen LogP contribution in [0.5, 0.6) is 0 Å². The molecule has 4 nitrogen and oxygen atoms in total. The van der Waals surface area contributed by atoms with Crippen molar-refractivity contribution >= 4 is 5.97 Å². The van der Waals surface area contributed by atoms with Crippen LogP contribution in [0.4, 0.5) is 0 Å². The SMILES string of the molecule is COC(=O)c1cccc(-n2cccc2CN(C)C)c1. The summed E-state index contributed by atoms with van der Waals surface area (Å²) in [4.78, 5) is 13.7. The lowest BCUT2D eigenvalue weighted by atomic mass is 10.2. The maximum atomic E-state index is 11.6. The first-order valence-electron chi connectivity index (χ1n) is 6.11. The van der Waals surface area contributed by atoms with Gasteiger partial charge in [0, 0.05) is 24.1 Å². The molecule has 0 saturated heterocycles. The van der Waals surface area contributed by atoms with Crippen LogP contribution in [0.1, 0.15) is 16.1 Å². The third-order valence-electron chi connectivity index (χ3n) is 2.86. The molecule has 0 radical (unpaired) electrons. The van der Waals surface area contributed by atoms with Crippen molar-refractivity contribution in [3.8, 4) is 5.69 Å². The molecular formula is C15H18N2O2. The molecule has 1 heterocycles. The van der Waals surface area contributed by atoms with Crippen molar-refractivity contribution in [3.63, 3.8) is 0 Å². The Kier molecular flexibility index (Phi) is 4.02. The Morgan fingerprint density at radius 1 is 1.26 bits per heavy atom. The summed E-state index contributed by atoms with van der Waals surface area (Å²) < 4.78 is 6.82. The predicted molar refractivity (Wildman–Crippen MR) is 74.5 cm³/mol. The van der Waals surface area contributed by atoms with Crippen LogP contribution in [0.2, 0.25) is 0 Å². The topological polar surface area (TPSA) is 34.5 Å². The minimum absolute atomic E-state index is 0.317. The Morgan fingerprint density at radius 3 is 2.74 bits per heavy atom. The van der Waals surface area contributed by atoms with Gasteiger partial charge in [-0.1, -0.05) is 6.07 Å². The molecule has 4 heteroatoms. The first kappa shape index (κ1) is 13.4. The van der Waals surface area contributed by atoms with Gasteiger partial charge in [0.25, 0.3) is 0 Å². The van der Waals surface area contributed by atoms with Crippen LogP contribution in [-0.4, -0.2) is 36.6 Å². The van der Waals surface area contributed by atoms with E-state index < -0.39 is 0 Å². The first-order chi connectivity index (χ1) is 9.11. The fourth-order valence-corrected chi connectivity index (χ4v) is 2.02. The van der Waals surface area contributed by atoms with Crippen molar-refractivity contribution in [2.24, 2.45) is 0 Å². The van der Waals surface area contributed by atoms with Crippen molar-refractivity contribution in [1.29, 1.82) is 0 Å². The summed E-state index contributed by atoms with van der Waals surface area (Å²) in [5.41, 5.74) is 2.70. The Bertz CT molecular complexity index is 573. The Balaban J connectivity index is 2.37. The maximum absolute atomic E-state index is 11.6. The molecule has 0 N–H and O–H groups in total. The molecule has 1 aromatic carbocycles. The molecule has 0 amide bonds. The average Bonchev–Trinajstić information content (AvgIpc) is 2.85. The van der Waals surface area contributed by atoms with E-state index in [2.05, 4.69) is 15.5 Å². The molecular weight excluding hydrogens is 240 g/mol. The molecule has 0 aliphatic rings. The number of carbonyl (C=O) groups excluding carboxylic acids is 1. The van der Waals surface area contributed by atoms with E-state index >= 15 is 0 Å². The van der Waals surface area contributed by atoms with Crippen LogP contribution >= 0.6 is 0 Å². The van der Waals surface area contributed by atoms with Gasteiger partial charge < -0.3 is 14.2 Å². The molecule has 0 unspecified atom stereocenters. The highest BCUT2D eigenvalue weighted by Crippen LogP contribution is 2.16. The highest BCUT2D eigenvalue weighted by Gasteiger charge is 2.08. The Labute approximate surface area is 113 Å². The van der Waals surface area contributed by atoms with Gasteiger partial charge in [-0.25, -0.2) is 4.79 Å². The molecule has 1 aromatic heterocycles. The van der Waals surface area contributed by atoms with Crippen molar-refractivity contribution in [3.05, 3.63) is 53.9 Å². The fraction of sp³-hybridized carbons (Fsp3) is 0.267. The molecule has 0 aliphatic carbocycles. The summed E-state index contributed by atoms with van der Waals surface area (Å²) in [6, 6.07) is 11.5.